The lowest BCUT2D eigenvalue weighted by Crippen LogP contribution is -1.95. The molecule has 2 heterocycles. The van der Waals surface area contributed by atoms with Crippen LogP contribution in [0.3, 0.4) is 0 Å². The third-order valence-corrected chi connectivity index (χ3v) is 5.48. The van der Waals surface area contributed by atoms with Gasteiger partial charge in [-0.15, -0.1) is 21.5 Å². The van der Waals surface area contributed by atoms with Crippen molar-refractivity contribution < 1.29 is 19.8 Å². The largest absolute Gasteiger partial charge is 0.478 e. The highest BCUT2D eigenvalue weighted by atomic mass is 32.1. The summed E-state index contributed by atoms with van der Waals surface area (Å²) in [4.78, 5) is 25.6. The number of benzene rings is 2. The SMILES string of the molecule is Cn1nnc(-c2cc(-c3cccc(C(=O)O)c3)sc2-c2cccc(C(=O)O)c2)n1. The molecule has 0 radical (unpaired) electrons. The molecule has 0 spiro atoms. The Morgan fingerprint density at radius 1 is 0.931 bits per heavy atom. The third-order valence-electron chi connectivity index (χ3n) is 4.25. The highest BCUT2D eigenvalue weighted by Crippen LogP contribution is 2.42. The minimum atomic E-state index is -1.02. The van der Waals surface area contributed by atoms with Gasteiger partial charge < -0.3 is 10.2 Å². The van der Waals surface area contributed by atoms with Crippen molar-refractivity contribution in [2.45, 2.75) is 0 Å². The number of hydrogen-bond donors (Lipinski definition) is 2. The molecule has 4 aromatic rings. The van der Waals surface area contributed by atoms with Gasteiger partial charge in [0.15, 0.2) is 0 Å². The van der Waals surface area contributed by atoms with Gasteiger partial charge in [0.1, 0.15) is 0 Å². The molecular weight excluding hydrogens is 392 g/mol. The first kappa shape index (κ1) is 18.5. The fourth-order valence-electron chi connectivity index (χ4n) is 2.90. The van der Waals surface area contributed by atoms with Crippen LogP contribution in [0.15, 0.2) is 54.6 Å². The summed E-state index contributed by atoms with van der Waals surface area (Å²) in [6.07, 6.45) is 0. The Morgan fingerprint density at radius 3 is 2.14 bits per heavy atom. The summed E-state index contributed by atoms with van der Waals surface area (Å²) in [7, 11) is 1.66. The fraction of sp³-hybridized carbons (Fsp3) is 0.0500. The second kappa shape index (κ2) is 7.28. The van der Waals surface area contributed by atoms with E-state index in [1.165, 1.54) is 28.3 Å². The van der Waals surface area contributed by atoms with Crippen LogP contribution in [-0.2, 0) is 7.05 Å². The monoisotopic (exact) mass is 406 g/mol. The minimum Gasteiger partial charge on any atom is -0.478 e. The molecule has 144 valence electrons. The van der Waals surface area contributed by atoms with E-state index in [0.717, 1.165) is 15.3 Å². The molecule has 0 saturated heterocycles. The molecule has 0 aliphatic carbocycles. The zero-order chi connectivity index (χ0) is 20.5. The molecule has 0 amide bonds. The molecule has 0 fully saturated rings. The first-order valence-electron chi connectivity index (χ1n) is 8.48. The molecule has 0 unspecified atom stereocenters. The maximum Gasteiger partial charge on any atom is 0.335 e. The van der Waals surface area contributed by atoms with Crippen molar-refractivity contribution in [1.29, 1.82) is 0 Å². The Labute approximate surface area is 168 Å². The van der Waals surface area contributed by atoms with E-state index >= 15 is 0 Å². The molecular formula is C20H14N4O4S. The van der Waals surface area contributed by atoms with Crippen LogP contribution < -0.4 is 0 Å². The van der Waals surface area contributed by atoms with Gasteiger partial charge in [-0.3, -0.25) is 0 Å². The molecule has 4 rings (SSSR count). The summed E-state index contributed by atoms with van der Waals surface area (Å²) in [6, 6.07) is 15.1. The number of aromatic carboxylic acids is 2. The van der Waals surface area contributed by atoms with Crippen LogP contribution in [0.5, 0.6) is 0 Å². The number of aromatic nitrogens is 4. The van der Waals surface area contributed by atoms with Gasteiger partial charge in [0.2, 0.25) is 5.82 Å². The van der Waals surface area contributed by atoms with E-state index in [0.29, 0.717) is 17.0 Å². The summed E-state index contributed by atoms with van der Waals surface area (Å²) < 4.78 is 0. The van der Waals surface area contributed by atoms with E-state index in [-0.39, 0.29) is 11.1 Å². The smallest absolute Gasteiger partial charge is 0.335 e. The maximum atomic E-state index is 11.4. The molecule has 0 atom stereocenters. The Balaban J connectivity index is 1.90. The van der Waals surface area contributed by atoms with Crippen molar-refractivity contribution in [2.75, 3.05) is 0 Å². The van der Waals surface area contributed by atoms with Gasteiger partial charge >= 0.3 is 11.9 Å². The van der Waals surface area contributed by atoms with Gasteiger partial charge in [0.25, 0.3) is 0 Å². The topological polar surface area (TPSA) is 118 Å². The average Bonchev–Trinajstić information content (AvgIpc) is 3.34. The van der Waals surface area contributed by atoms with E-state index in [2.05, 4.69) is 15.4 Å². The van der Waals surface area contributed by atoms with Gasteiger partial charge in [-0.2, -0.15) is 4.80 Å². The van der Waals surface area contributed by atoms with E-state index < -0.39 is 11.9 Å². The average molecular weight is 406 g/mol. The van der Waals surface area contributed by atoms with Crippen molar-refractivity contribution in [1.82, 2.24) is 20.2 Å². The summed E-state index contributed by atoms with van der Waals surface area (Å²) >= 11 is 1.41. The summed E-state index contributed by atoms with van der Waals surface area (Å²) in [5.74, 6) is -1.62. The van der Waals surface area contributed by atoms with Crippen LogP contribution in [0.25, 0.3) is 32.3 Å². The number of aryl methyl sites for hydroxylation is 1. The first-order chi connectivity index (χ1) is 13.9. The molecule has 29 heavy (non-hydrogen) atoms. The summed E-state index contributed by atoms with van der Waals surface area (Å²) in [5, 5.41) is 30.8. The van der Waals surface area contributed by atoms with Gasteiger partial charge in [0.05, 0.1) is 18.2 Å². The van der Waals surface area contributed by atoms with Crippen molar-refractivity contribution in [2.24, 2.45) is 7.05 Å². The number of carboxylic acid groups (broad SMARTS) is 2. The number of thiophene rings is 1. The van der Waals surface area contributed by atoms with Crippen LogP contribution in [0.2, 0.25) is 0 Å². The van der Waals surface area contributed by atoms with Crippen molar-refractivity contribution >= 4 is 23.3 Å². The number of carboxylic acids is 2. The van der Waals surface area contributed by atoms with Gasteiger partial charge in [-0.25, -0.2) is 9.59 Å². The maximum absolute atomic E-state index is 11.4. The van der Waals surface area contributed by atoms with Crippen molar-refractivity contribution in [3.63, 3.8) is 0 Å². The number of rotatable bonds is 5. The van der Waals surface area contributed by atoms with Crippen LogP contribution in [0.1, 0.15) is 20.7 Å². The normalized spacial score (nSPS) is 10.8. The van der Waals surface area contributed by atoms with Crippen LogP contribution >= 0.6 is 11.3 Å². The van der Waals surface area contributed by atoms with Crippen molar-refractivity contribution in [3.05, 3.63) is 65.7 Å². The fourth-order valence-corrected chi connectivity index (χ4v) is 4.05. The second-order valence-corrected chi connectivity index (χ2v) is 7.28. The Morgan fingerprint density at radius 2 is 1.55 bits per heavy atom. The lowest BCUT2D eigenvalue weighted by atomic mass is 10.0. The molecule has 0 saturated carbocycles. The van der Waals surface area contributed by atoms with E-state index in [4.69, 9.17) is 0 Å². The Bertz CT molecular complexity index is 1240. The molecule has 0 aliphatic rings. The lowest BCUT2D eigenvalue weighted by molar-refractivity contribution is 0.0686. The highest BCUT2D eigenvalue weighted by molar-refractivity contribution is 7.19. The highest BCUT2D eigenvalue weighted by Gasteiger charge is 2.19. The molecule has 0 bridgehead atoms. The summed E-state index contributed by atoms with van der Waals surface area (Å²) in [5.41, 5.74) is 2.49. The predicted molar refractivity (Wildman–Crippen MR) is 107 cm³/mol. The van der Waals surface area contributed by atoms with Crippen LogP contribution in [0.4, 0.5) is 0 Å². The van der Waals surface area contributed by atoms with E-state index in [1.54, 1.807) is 31.3 Å². The zero-order valence-corrected chi connectivity index (χ0v) is 15.9. The second-order valence-electron chi connectivity index (χ2n) is 6.23. The lowest BCUT2D eigenvalue weighted by Gasteiger charge is -2.02. The van der Waals surface area contributed by atoms with Crippen LogP contribution in [-0.4, -0.2) is 42.4 Å². The third kappa shape index (κ3) is 3.63. The number of hydrogen-bond acceptors (Lipinski definition) is 6. The quantitative estimate of drug-likeness (QED) is 0.519. The first-order valence-corrected chi connectivity index (χ1v) is 9.29. The van der Waals surface area contributed by atoms with Crippen LogP contribution in [0, 0.1) is 0 Å². The van der Waals surface area contributed by atoms with E-state index in [1.807, 2.05) is 18.2 Å². The number of tetrazole rings is 1. The molecule has 0 aliphatic heterocycles. The predicted octanol–water partition coefficient (Wildman–Crippen LogP) is 3.67. The molecule has 2 N–H and O–H groups in total. The van der Waals surface area contributed by atoms with Crippen molar-refractivity contribution in [3.8, 4) is 32.3 Å². The molecule has 2 aromatic heterocycles. The number of carbonyl (C=O) groups is 2. The minimum absolute atomic E-state index is 0.170. The Hall–Kier alpha value is -3.85. The zero-order valence-electron chi connectivity index (χ0n) is 15.1. The van der Waals surface area contributed by atoms with E-state index in [9.17, 15) is 19.8 Å². The standard InChI is InChI=1S/C20H14N4O4S/c1-24-22-18(21-23-24)15-10-16(11-4-2-6-13(8-11)19(25)26)29-17(15)12-5-3-7-14(9-12)20(27)28/h2-10H,1H3,(H,25,26)(H,27,28). The molecule has 9 heteroatoms. The molecule has 8 nitrogen and oxygen atoms in total. The molecule has 2 aromatic carbocycles. The van der Waals surface area contributed by atoms with Gasteiger partial charge in [0, 0.05) is 15.3 Å². The number of nitrogens with zero attached hydrogens (tertiary/aromatic N) is 4. The summed E-state index contributed by atoms with van der Waals surface area (Å²) in [6.45, 7) is 0. The Kier molecular flexibility index (Phi) is 4.65. The van der Waals surface area contributed by atoms with Gasteiger partial charge in [-0.05, 0) is 46.7 Å². The van der Waals surface area contributed by atoms with Gasteiger partial charge in [-0.1, -0.05) is 24.3 Å².